The predicted octanol–water partition coefficient (Wildman–Crippen LogP) is 5.83. The molecule has 0 radical (unpaired) electrons. The maximum atomic E-state index is 11.0. The number of ether oxygens (including phenoxy) is 1. The van der Waals surface area contributed by atoms with Gasteiger partial charge in [0.15, 0.2) is 0 Å². The Bertz CT molecular complexity index is 902. The molecular formula is C22H24O2. The summed E-state index contributed by atoms with van der Waals surface area (Å²) in [5.74, 6) is 1.21. The summed E-state index contributed by atoms with van der Waals surface area (Å²) in [4.78, 5) is 0. The van der Waals surface area contributed by atoms with Gasteiger partial charge >= 0.3 is 0 Å². The number of aromatic hydroxyl groups is 1. The minimum atomic E-state index is -0.118. The first-order valence-electron chi connectivity index (χ1n) is 8.23. The minimum absolute atomic E-state index is 0.118. The third kappa shape index (κ3) is 2.73. The summed E-state index contributed by atoms with van der Waals surface area (Å²) in [6.07, 6.45) is 0. The molecule has 3 rings (SSSR count). The molecule has 1 N–H and O–H groups in total. The molecular weight excluding hydrogens is 296 g/mol. The van der Waals surface area contributed by atoms with Gasteiger partial charge in [0.05, 0.1) is 7.11 Å². The van der Waals surface area contributed by atoms with E-state index in [1.54, 1.807) is 7.11 Å². The molecule has 0 aliphatic heterocycles. The summed E-state index contributed by atoms with van der Waals surface area (Å²) in [5.41, 5.74) is 3.90. The molecule has 0 atom stereocenters. The summed E-state index contributed by atoms with van der Waals surface area (Å²) in [5, 5.41) is 13.1. The van der Waals surface area contributed by atoms with Crippen LogP contribution in [0.1, 0.15) is 31.9 Å². The molecule has 0 aliphatic rings. The van der Waals surface area contributed by atoms with Crippen molar-refractivity contribution in [1.82, 2.24) is 0 Å². The van der Waals surface area contributed by atoms with E-state index < -0.39 is 0 Å². The Kier molecular flexibility index (Phi) is 4.00. The minimum Gasteiger partial charge on any atom is -0.507 e. The largest absolute Gasteiger partial charge is 0.507 e. The van der Waals surface area contributed by atoms with Gasteiger partial charge in [0.25, 0.3) is 0 Å². The molecule has 124 valence electrons. The van der Waals surface area contributed by atoms with E-state index in [-0.39, 0.29) is 5.41 Å². The Morgan fingerprint density at radius 3 is 2.17 bits per heavy atom. The van der Waals surface area contributed by atoms with E-state index in [9.17, 15) is 5.11 Å². The van der Waals surface area contributed by atoms with Gasteiger partial charge in [0.1, 0.15) is 11.5 Å². The van der Waals surface area contributed by atoms with E-state index >= 15 is 0 Å². The van der Waals surface area contributed by atoms with Crippen LogP contribution in [-0.2, 0) is 5.41 Å². The first-order valence-corrected chi connectivity index (χ1v) is 8.23. The summed E-state index contributed by atoms with van der Waals surface area (Å²) in [6, 6.07) is 16.3. The van der Waals surface area contributed by atoms with Crippen LogP contribution in [0.4, 0.5) is 0 Å². The molecule has 0 spiro atoms. The van der Waals surface area contributed by atoms with Crippen molar-refractivity contribution in [1.29, 1.82) is 0 Å². The highest BCUT2D eigenvalue weighted by Gasteiger charge is 2.22. The fraction of sp³-hybridized carbons (Fsp3) is 0.273. The number of phenols is 1. The number of fused-ring (bicyclic) bond motifs is 1. The molecule has 24 heavy (non-hydrogen) atoms. The highest BCUT2D eigenvalue weighted by molar-refractivity contribution is 6.01. The average molecular weight is 320 g/mol. The molecule has 0 unspecified atom stereocenters. The molecule has 2 heteroatoms. The van der Waals surface area contributed by atoms with Crippen LogP contribution in [0, 0.1) is 6.92 Å². The van der Waals surface area contributed by atoms with Crippen LogP contribution in [0.2, 0.25) is 0 Å². The first-order chi connectivity index (χ1) is 11.3. The normalized spacial score (nSPS) is 11.7. The number of methoxy groups -OCH3 is 1. The number of phenolic OH excluding ortho intramolecular Hbond substituents is 1. The summed E-state index contributed by atoms with van der Waals surface area (Å²) >= 11 is 0. The third-order valence-electron chi connectivity index (χ3n) is 4.46. The fourth-order valence-corrected chi connectivity index (χ4v) is 3.24. The van der Waals surface area contributed by atoms with Crippen LogP contribution in [0.5, 0.6) is 11.5 Å². The van der Waals surface area contributed by atoms with Crippen molar-refractivity contribution < 1.29 is 9.84 Å². The Balaban J connectivity index is 2.35. The van der Waals surface area contributed by atoms with Gasteiger partial charge in [-0.1, -0.05) is 51.1 Å². The van der Waals surface area contributed by atoms with Crippen molar-refractivity contribution in [3.63, 3.8) is 0 Å². The van der Waals surface area contributed by atoms with Gasteiger partial charge in [0, 0.05) is 16.5 Å². The lowest BCUT2D eigenvalue weighted by Crippen LogP contribution is -2.12. The van der Waals surface area contributed by atoms with Crippen molar-refractivity contribution in [2.45, 2.75) is 33.1 Å². The van der Waals surface area contributed by atoms with E-state index in [0.717, 1.165) is 38.8 Å². The standard InChI is InChI=1S/C22H24O2/c1-14-12-18(21(23)19(13-14)22(2,3)4)16-10-11-20(24-5)17-9-7-6-8-15(16)17/h6-13,23H,1-5H3. The number of aryl methyl sites for hydroxylation is 1. The highest BCUT2D eigenvalue weighted by atomic mass is 16.5. The monoisotopic (exact) mass is 320 g/mol. The van der Waals surface area contributed by atoms with Gasteiger partial charge in [-0.2, -0.15) is 0 Å². The van der Waals surface area contributed by atoms with Crippen LogP contribution < -0.4 is 4.74 Å². The van der Waals surface area contributed by atoms with Crippen LogP contribution in [0.25, 0.3) is 21.9 Å². The van der Waals surface area contributed by atoms with Gasteiger partial charge in [0.2, 0.25) is 0 Å². The van der Waals surface area contributed by atoms with Gasteiger partial charge in [-0.05, 0) is 47.1 Å². The van der Waals surface area contributed by atoms with Crippen molar-refractivity contribution in [3.8, 4) is 22.6 Å². The van der Waals surface area contributed by atoms with Gasteiger partial charge in [-0.15, -0.1) is 0 Å². The SMILES string of the molecule is COc1ccc(-c2cc(C)cc(C(C)(C)C)c2O)c2ccccc12. The second kappa shape index (κ2) is 5.86. The lowest BCUT2D eigenvalue weighted by Gasteiger charge is -2.23. The van der Waals surface area contributed by atoms with Gasteiger partial charge in [-0.25, -0.2) is 0 Å². The Labute approximate surface area is 143 Å². The highest BCUT2D eigenvalue weighted by Crippen LogP contribution is 2.43. The van der Waals surface area contributed by atoms with E-state index in [4.69, 9.17) is 4.74 Å². The molecule has 0 aliphatic carbocycles. The van der Waals surface area contributed by atoms with Crippen molar-refractivity contribution in [3.05, 3.63) is 59.7 Å². The summed E-state index contributed by atoms with van der Waals surface area (Å²) in [6.45, 7) is 8.44. The quantitative estimate of drug-likeness (QED) is 0.644. The number of hydrogen-bond donors (Lipinski definition) is 1. The third-order valence-corrected chi connectivity index (χ3v) is 4.46. The molecule has 3 aromatic rings. The van der Waals surface area contributed by atoms with Crippen molar-refractivity contribution in [2.75, 3.05) is 7.11 Å². The number of benzene rings is 3. The maximum Gasteiger partial charge on any atom is 0.127 e. The smallest absolute Gasteiger partial charge is 0.127 e. The lowest BCUT2D eigenvalue weighted by molar-refractivity contribution is 0.420. The van der Waals surface area contributed by atoms with E-state index in [1.165, 1.54) is 0 Å². The average Bonchev–Trinajstić information content (AvgIpc) is 2.54. The lowest BCUT2D eigenvalue weighted by atomic mass is 9.82. The van der Waals surface area contributed by atoms with Gasteiger partial charge < -0.3 is 9.84 Å². The molecule has 0 bridgehead atoms. The second-order valence-corrected chi connectivity index (χ2v) is 7.32. The number of hydrogen-bond acceptors (Lipinski definition) is 2. The maximum absolute atomic E-state index is 11.0. The van der Waals surface area contributed by atoms with E-state index in [1.807, 2.05) is 24.3 Å². The van der Waals surface area contributed by atoms with Crippen molar-refractivity contribution >= 4 is 10.8 Å². The molecule has 0 heterocycles. The molecule has 0 saturated carbocycles. The number of rotatable bonds is 2. The van der Waals surface area contributed by atoms with Crippen LogP contribution >= 0.6 is 0 Å². The fourth-order valence-electron chi connectivity index (χ4n) is 3.24. The molecule has 0 aromatic heterocycles. The van der Waals surface area contributed by atoms with E-state index in [0.29, 0.717) is 5.75 Å². The zero-order valence-corrected chi connectivity index (χ0v) is 15.0. The molecule has 2 nitrogen and oxygen atoms in total. The molecule has 0 amide bonds. The Morgan fingerprint density at radius 1 is 0.875 bits per heavy atom. The molecule has 0 fully saturated rings. The zero-order chi connectivity index (χ0) is 17.5. The summed E-state index contributed by atoms with van der Waals surface area (Å²) < 4.78 is 5.49. The molecule has 3 aromatic carbocycles. The van der Waals surface area contributed by atoms with E-state index in [2.05, 4.69) is 52.0 Å². The summed E-state index contributed by atoms with van der Waals surface area (Å²) in [7, 11) is 1.68. The van der Waals surface area contributed by atoms with Crippen LogP contribution in [-0.4, -0.2) is 12.2 Å². The molecule has 0 saturated heterocycles. The van der Waals surface area contributed by atoms with Crippen LogP contribution in [0.15, 0.2) is 48.5 Å². The topological polar surface area (TPSA) is 29.5 Å². The van der Waals surface area contributed by atoms with Gasteiger partial charge in [-0.3, -0.25) is 0 Å². The Morgan fingerprint density at radius 2 is 1.54 bits per heavy atom. The predicted molar refractivity (Wildman–Crippen MR) is 101 cm³/mol. The van der Waals surface area contributed by atoms with Crippen LogP contribution in [0.3, 0.4) is 0 Å². The first kappa shape index (κ1) is 16.4. The van der Waals surface area contributed by atoms with Crippen molar-refractivity contribution in [2.24, 2.45) is 0 Å². The second-order valence-electron chi connectivity index (χ2n) is 7.32. The zero-order valence-electron chi connectivity index (χ0n) is 15.0. The Hall–Kier alpha value is -2.48.